The van der Waals surface area contributed by atoms with Crippen LogP contribution in [0.5, 0.6) is 17.2 Å². The Kier molecular flexibility index (Phi) is 5.33. The molecule has 0 saturated carbocycles. The van der Waals surface area contributed by atoms with Gasteiger partial charge in [-0.1, -0.05) is 0 Å². The molecule has 0 unspecified atom stereocenters. The van der Waals surface area contributed by atoms with Crippen molar-refractivity contribution in [3.05, 3.63) is 49.1 Å². The number of methoxy groups -OCH3 is 3. The summed E-state index contributed by atoms with van der Waals surface area (Å²) in [6.07, 6.45) is 6.67. The summed E-state index contributed by atoms with van der Waals surface area (Å²) in [4.78, 5) is 12.7. The van der Waals surface area contributed by atoms with Crippen LogP contribution in [0.3, 0.4) is 0 Å². The molecule has 0 radical (unpaired) electrons. The van der Waals surface area contributed by atoms with E-state index in [1.54, 1.807) is 58.2 Å². The summed E-state index contributed by atoms with van der Waals surface area (Å²) in [5.41, 5.74) is 1.61. The van der Waals surface area contributed by atoms with Crippen LogP contribution in [0, 0.1) is 0 Å². The quantitative estimate of drug-likeness (QED) is 0.668. The SMILES string of the molecule is COc1cc(Nc2cncc(Nc3ccncc3)n2)cc(OC)c1OC. The molecule has 0 saturated heterocycles. The van der Waals surface area contributed by atoms with Crippen molar-refractivity contribution in [3.8, 4) is 17.2 Å². The molecule has 1 aromatic carbocycles. The Bertz CT molecular complexity index is 849. The summed E-state index contributed by atoms with van der Waals surface area (Å²) < 4.78 is 16.0. The van der Waals surface area contributed by atoms with Gasteiger partial charge in [0.25, 0.3) is 0 Å². The highest BCUT2D eigenvalue weighted by Gasteiger charge is 2.13. The summed E-state index contributed by atoms with van der Waals surface area (Å²) >= 11 is 0. The molecule has 0 bridgehead atoms. The molecule has 134 valence electrons. The van der Waals surface area contributed by atoms with Crippen LogP contribution >= 0.6 is 0 Å². The normalized spacial score (nSPS) is 10.1. The van der Waals surface area contributed by atoms with Crippen LogP contribution < -0.4 is 24.8 Å². The number of hydrogen-bond acceptors (Lipinski definition) is 8. The maximum Gasteiger partial charge on any atom is 0.203 e. The Morgan fingerprint density at radius 3 is 1.85 bits per heavy atom. The molecule has 2 heterocycles. The van der Waals surface area contributed by atoms with Gasteiger partial charge in [0.1, 0.15) is 0 Å². The minimum absolute atomic E-state index is 0.528. The third-order valence-electron chi connectivity index (χ3n) is 3.52. The molecule has 8 heteroatoms. The number of pyridine rings is 1. The van der Waals surface area contributed by atoms with E-state index in [2.05, 4.69) is 25.6 Å². The van der Waals surface area contributed by atoms with Crippen molar-refractivity contribution in [1.82, 2.24) is 15.0 Å². The number of anilines is 4. The third kappa shape index (κ3) is 3.92. The first-order valence-electron chi connectivity index (χ1n) is 7.79. The zero-order valence-corrected chi connectivity index (χ0v) is 14.7. The van der Waals surface area contributed by atoms with Gasteiger partial charge in [-0.3, -0.25) is 9.97 Å². The van der Waals surface area contributed by atoms with E-state index < -0.39 is 0 Å². The van der Waals surface area contributed by atoms with Crippen molar-refractivity contribution in [2.75, 3.05) is 32.0 Å². The number of benzene rings is 1. The first kappa shape index (κ1) is 17.3. The van der Waals surface area contributed by atoms with Crippen molar-refractivity contribution >= 4 is 23.0 Å². The molecule has 3 rings (SSSR count). The van der Waals surface area contributed by atoms with E-state index >= 15 is 0 Å². The molecule has 0 fully saturated rings. The zero-order valence-electron chi connectivity index (χ0n) is 14.7. The van der Waals surface area contributed by atoms with E-state index in [1.807, 2.05) is 12.1 Å². The molecule has 8 nitrogen and oxygen atoms in total. The first-order valence-corrected chi connectivity index (χ1v) is 7.79. The lowest BCUT2D eigenvalue weighted by atomic mass is 10.2. The average molecular weight is 353 g/mol. The smallest absolute Gasteiger partial charge is 0.203 e. The second kappa shape index (κ2) is 8.02. The first-order chi connectivity index (χ1) is 12.7. The van der Waals surface area contributed by atoms with Crippen molar-refractivity contribution < 1.29 is 14.2 Å². The van der Waals surface area contributed by atoms with Crippen LogP contribution in [0.1, 0.15) is 0 Å². The second-order valence-electron chi connectivity index (χ2n) is 5.19. The molecule has 0 atom stereocenters. The molecule has 2 N–H and O–H groups in total. The molecule has 2 aromatic heterocycles. The second-order valence-corrected chi connectivity index (χ2v) is 5.19. The zero-order chi connectivity index (χ0) is 18.4. The molecule has 0 aliphatic heterocycles. The fourth-order valence-corrected chi connectivity index (χ4v) is 2.37. The maximum atomic E-state index is 5.36. The monoisotopic (exact) mass is 353 g/mol. The van der Waals surface area contributed by atoms with Crippen LogP contribution in [0.2, 0.25) is 0 Å². The van der Waals surface area contributed by atoms with E-state index in [0.29, 0.717) is 28.9 Å². The van der Waals surface area contributed by atoms with E-state index in [4.69, 9.17) is 14.2 Å². The summed E-state index contributed by atoms with van der Waals surface area (Å²) in [5, 5.41) is 6.36. The Labute approximate surface area is 151 Å². The van der Waals surface area contributed by atoms with Crippen LogP contribution in [0.4, 0.5) is 23.0 Å². The van der Waals surface area contributed by atoms with Gasteiger partial charge in [-0.05, 0) is 12.1 Å². The van der Waals surface area contributed by atoms with Crippen LogP contribution in [-0.4, -0.2) is 36.3 Å². The van der Waals surface area contributed by atoms with Crippen molar-refractivity contribution in [2.24, 2.45) is 0 Å². The summed E-state index contributed by atoms with van der Waals surface area (Å²) in [5.74, 6) is 2.80. The molecule has 3 aromatic rings. The van der Waals surface area contributed by atoms with Crippen LogP contribution in [-0.2, 0) is 0 Å². The molecule has 26 heavy (non-hydrogen) atoms. The van der Waals surface area contributed by atoms with Gasteiger partial charge in [-0.25, -0.2) is 4.98 Å². The van der Waals surface area contributed by atoms with Gasteiger partial charge < -0.3 is 24.8 Å². The van der Waals surface area contributed by atoms with E-state index in [1.165, 1.54) is 0 Å². The molecule has 0 aliphatic carbocycles. The Morgan fingerprint density at radius 1 is 0.731 bits per heavy atom. The fraction of sp³-hybridized carbons (Fsp3) is 0.167. The van der Waals surface area contributed by atoms with E-state index in [-0.39, 0.29) is 0 Å². The van der Waals surface area contributed by atoms with E-state index in [9.17, 15) is 0 Å². The van der Waals surface area contributed by atoms with Gasteiger partial charge in [0, 0.05) is 35.9 Å². The molecular formula is C18H19N5O3. The number of nitrogens with zero attached hydrogens (tertiary/aromatic N) is 3. The maximum absolute atomic E-state index is 5.36. The highest BCUT2D eigenvalue weighted by Crippen LogP contribution is 2.40. The molecule has 0 amide bonds. The Hall–Kier alpha value is -3.55. The van der Waals surface area contributed by atoms with Gasteiger partial charge in [0.05, 0.1) is 33.7 Å². The predicted octanol–water partition coefficient (Wildman–Crippen LogP) is 3.38. The fourth-order valence-electron chi connectivity index (χ4n) is 2.37. The van der Waals surface area contributed by atoms with Crippen LogP contribution in [0.25, 0.3) is 0 Å². The van der Waals surface area contributed by atoms with Gasteiger partial charge in [0.15, 0.2) is 23.1 Å². The number of hydrogen-bond donors (Lipinski definition) is 2. The standard InChI is InChI=1S/C18H19N5O3/c1-24-14-8-13(9-15(25-2)18(14)26-3)22-17-11-20-10-16(23-17)21-12-4-6-19-7-5-12/h4-11H,1-3H3,(H2,19,21,22,23). The summed E-state index contributed by atoms with van der Waals surface area (Å²) in [6.45, 7) is 0. The summed E-state index contributed by atoms with van der Waals surface area (Å²) in [6, 6.07) is 7.29. The molecule has 0 spiro atoms. The molecule has 0 aliphatic rings. The minimum atomic E-state index is 0.528. The Morgan fingerprint density at radius 2 is 1.31 bits per heavy atom. The van der Waals surface area contributed by atoms with Gasteiger partial charge in [-0.15, -0.1) is 0 Å². The van der Waals surface area contributed by atoms with Crippen molar-refractivity contribution in [1.29, 1.82) is 0 Å². The summed E-state index contributed by atoms with van der Waals surface area (Å²) in [7, 11) is 4.70. The topological polar surface area (TPSA) is 90.4 Å². The van der Waals surface area contributed by atoms with Crippen molar-refractivity contribution in [2.45, 2.75) is 0 Å². The van der Waals surface area contributed by atoms with Gasteiger partial charge >= 0.3 is 0 Å². The lowest BCUT2D eigenvalue weighted by Gasteiger charge is -2.15. The van der Waals surface area contributed by atoms with Crippen molar-refractivity contribution in [3.63, 3.8) is 0 Å². The van der Waals surface area contributed by atoms with Crippen LogP contribution in [0.15, 0.2) is 49.1 Å². The highest BCUT2D eigenvalue weighted by molar-refractivity contribution is 5.67. The van der Waals surface area contributed by atoms with Gasteiger partial charge in [-0.2, -0.15) is 0 Å². The Balaban J connectivity index is 1.84. The number of aromatic nitrogens is 3. The number of rotatable bonds is 7. The number of nitrogens with one attached hydrogen (secondary N) is 2. The third-order valence-corrected chi connectivity index (χ3v) is 3.52. The lowest BCUT2D eigenvalue weighted by Crippen LogP contribution is -2.01. The molecular weight excluding hydrogens is 334 g/mol. The highest BCUT2D eigenvalue weighted by atomic mass is 16.5. The van der Waals surface area contributed by atoms with Gasteiger partial charge in [0.2, 0.25) is 5.75 Å². The number of ether oxygens (including phenoxy) is 3. The minimum Gasteiger partial charge on any atom is -0.493 e. The van der Waals surface area contributed by atoms with E-state index in [0.717, 1.165) is 11.4 Å². The predicted molar refractivity (Wildman–Crippen MR) is 98.9 cm³/mol. The lowest BCUT2D eigenvalue weighted by molar-refractivity contribution is 0.324. The largest absolute Gasteiger partial charge is 0.493 e. The average Bonchev–Trinajstić information content (AvgIpc) is 2.68.